The van der Waals surface area contributed by atoms with Gasteiger partial charge in [0.15, 0.2) is 0 Å². The third-order valence-electron chi connectivity index (χ3n) is 12.3. The lowest BCUT2D eigenvalue weighted by atomic mass is 9.35. The van der Waals surface area contributed by atoms with E-state index in [1.54, 1.807) is 0 Å². The van der Waals surface area contributed by atoms with Crippen LogP contribution in [0.15, 0.2) is 0 Å². The molecular weight excluding hydrogens is 332 g/mol. The molecule has 1 N–H and O–H groups in total. The van der Waals surface area contributed by atoms with Gasteiger partial charge < -0.3 is 9.84 Å². The van der Waals surface area contributed by atoms with E-state index in [0.717, 1.165) is 19.3 Å². The number of ether oxygens (including phenoxy) is 1. The Hall–Kier alpha value is -0.0800. The molecule has 0 aliphatic heterocycles. The van der Waals surface area contributed by atoms with Crippen molar-refractivity contribution in [3.63, 3.8) is 0 Å². The summed E-state index contributed by atoms with van der Waals surface area (Å²) in [6.07, 6.45) is 24.8. The maximum Gasteiger partial charge on any atom is 0.0679 e. The predicted octanol–water partition coefficient (Wildman–Crippen LogP) is 6.15. The number of aliphatic hydroxyl groups is 1. The molecule has 0 radical (unpaired) electrons. The number of hydrogen-bond donors (Lipinski definition) is 1. The summed E-state index contributed by atoms with van der Waals surface area (Å²) >= 11 is 0. The number of methoxy groups -OCH3 is 1. The fourth-order valence-corrected chi connectivity index (χ4v) is 9.99. The van der Waals surface area contributed by atoms with Crippen LogP contribution in [0.1, 0.15) is 116 Å². The lowest BCUT2D eigenvalue weighted by molar-refractivity contribution is -0.225. The Bertz CT molecular complexity index is 561. The quantitative estimate of drug-likeness (QED) is 0.643. The SMILES string of the molecule is COC12CCC(C34CCC(C56CCC(O)(CC5)CC6)(CC3)CC4)(CC1)CC2. The van der Waals surface area contributed by atoms with E-state index >= 15 is 0 Å². The predicted molar refractivity (Wildman–Crippen MR) is 108 cm³/mol. The van der Waals surface area contributed by atoms with Gasteiger partial charge in [-0.25, -0.2) is 0 Å². The molecule has 27 heavy (non-hydrogen) atoms. The lowest BCUT2D eigenvalue weighted by Gasteiger charge is -2.71. The summed E-state index contributed by atoms with van der Waals surface area (Å²) in [6, 6.07) is 0. The van der Waals surface area contributed by atoms with Crippen molar-refractivity contribution >= 4 is 0 Å². The van der Waals surface area contributed by atoms with Crippen molar-refractivity contribution in [2.45, 2.75) is 127 Å². The first kappa shape index (κ1) is 17.8. The van der Waals surface area contributed by atoms with Gasteiger partial charge in [0, 0.05) is 7.11 Å². The summed E-state index contributed by atoms with van der Waals surface area (Å²) < 4.78 is 5.99. The molecule has 152 valence electrons. The highest BCUT2D eigenvalue weighted by Crippen LogP contribution is 2.76. The highest BCUT2D eigenvalue weighted by atomic mass is 16.5. The molecule has 9 fully saturated rings. The van der Waals surface area contributed by atoms with E-state index in [1.807, 2.05) is 7.11 Å². The van der Waals surface area contributed by atoms with E-state index in [0.29, 0.717) is 21.7 Å². The van der Waals surface area contributed by atoms with Crippen LogP contribution in [0.3, 0.4) is 0 Å². The van der Waals surface area contributed by atoms with Gasteiger partial charge in [-0.3, -0.25) is 0 Å². The van der Waals surface area contributed by atoms with Crippen LogP contribution in [-0.2, 0) is 4.74 Å². The minimum Gasteiger partial charge on any atom is -0.390 e. The molecule has 9 aliphatic rings. The van der Waals surface area contributed by atoms with Crippen LogP contribution in [0.25, 0.3) is 0 Å². The minimum atomic E-state index is -0.275. The van der Waals surface area contributed by atoms with Gasteiger partial charge in [0.2, 0.25) is 0 Å². The van der Waals surface area contributed by atoms with Crippen LogP contribution in [-0.4, -0.2) is 23.4 Å². The first-order valence-electron chi connectivity index (χ1n) is 12.2. The normalized spacial score (nSPS) is 59.3. The summed E-state index contributed by atoms with van der Waals surface area (Å²) in [6.45, 7) is 0. The molecule has 0 aromatic heterocycles. The molecule has 2 heteroatoms. The molecule has 0 amide bonds. The number of fused-ring (bicyclic) bond motifs is 9. The summed E-state index contributed by atoms with van der Waals surface area (Å²) in [4.78, 5) is 0. The Kier molecular flexibility index (Phi) is 3.51. The van der Waals surface area contributed by atoms with Crippen molar-refractivity contribution in [2.75, 3.05) is 7.11 Å². The van der Waals surface area contributed by atoms with Crippen molar-refractivity contribution in [1.29, 1.82) is 0 Å². The van der Waals surface area contributed by atoms with Crippen LogP contribution in [0.5, 0.6) is 0 Å². The molecule has 9 rings (SSSR count). The van der Waals surface area contributed by atoms with E-state index in [9.17, 15) is 5.11 Å². The second-order valence-corrected chi connectivity index (χ2v) is 12.2. The summed E-state index contributed by atoms with van der Waals surface area (Å²) in [5.41, 5.74) is 2.57. The highest BCUT2D eigenvalue weighted by molar-refractivity contribution is 5.17. The third-order valence-corrected chi connectivity index (χ3v) is 12.3. The maximum atomic E-state index is 10.7. The molecule has 9 saturated carbocycles. The fourth-order valence-electron chi connectivity index (χ4n) is 9.99. The average molecular weight is 373 g/mol. The zero-order chi connectivity index (χ0) is 18.4. The second-order valence-electron chi connectivity index (χ2n) is 12.2. The monoisotopic (exact) mass is 372 g/mol. The topological polar surface area (TPSA) is 29.5 Å². The molecule has 0 unspecified atom stereocenters. The van der Waals surface area contributed by atoms with Gasteiger partial charge in [0.1, 0.15) is 0 Å². The van der Waals surface area contributed by atoms with Crippen LogP contribution in [0.4, 0.5) is 0 Å². The summed E-state index contributed by atoms with van der Waals surface area (Å²) in [5.74, 6) is 0. The van der Waals surface area contributed by atoms with E-state index in [-0.39, 0.29) is 11.2 Å². The molecule has 9 aliphatic carbocycles. The van der Waals surface area contributed by atoms with Crippen LogP contribution in [0, 0.1) is 21.7 Å². The largest absolute Gasteiger partial charge is 0.390 e. The molecule has 0 saturated heterocycles. The number of hydrogen-bond acceptors (Lipinski definition) is 2. The van der Waals surface area contributed by atoms with Gasteiger partial charge in [-0.05, 0) is 137 Å². The lowest BCUT2D eigenvalue weighted by Crippen LogP contribution is -2.62. The molecule has 6 bridgehead atoms. The Morgan fingerprint density at radius 1 is 0.444 bits per heavy atom. The van der Waals surface area contributed by atoms with Crippen molar-refractivity contribution in [3.05, 3.63) is 0 Å². The van der Waals surface area contributed by atoms with Crippen molar-refractivity contribution in [2.24, 2.45) is 21.7 Å². The summed E-state index contributed by atoms with van der Waals surface area (Å²) in [7, 11) is 1.96. The third kappa shape index (κ3) is 2.11. The zero-order valence-electron chi connectivity index (χ0n) is 17.6. The molecular formula is C25H40O2. The molecule has 0 atom stereocenters. The van der Waals surface area contributed by atoms with Gasteiger partial charge in [-0.1, -0.05) is 0 Å². The van der Waals surface area contributed by atoms with Gasteiger partial charge in [-0.2, -0.15) is 0 Å². The zero-order valence-corrected chi connectivity index (χ0v) is 17.6. The molecule has 0 aromatic rings. The summed E-state index contributed by atoms with van der Waals surface area (Å²) in [5, 5.41) is 10.7. The van der Waals surface area contributed by atoms with Gasteiger partial charge in [-0.15, -0.1) is 0 Å². The standard InChI is InChI=1S/C25H40O2/c1-27-25-17-11-23(12-18-25,13-19-25)21-5-2-20(3-6-21,4-7-21)22-8-14-24(26,15-9-22)16-10-22/h26H,2-19H2,1H3. The first-order chi connectivity index (χ1) is 12.9. The van der Waals surface area contributed by atoms with E-state index in [1.165, 1.54) is 96.3 Å². The van der Waals surface area contributed by atoms with E-state index < -0.39 is 0 Å². The molecule has 2 nitrogen and oxygen atoms in total. The maximum absolute atomic E-state index is 10.7. The highest BCUT2D eigenvalue weighted by Gasteiger charge is 2.66. The van der Waals surface area contributed by atoms with Crippen LogP contribution < -0.4 is 0 Å². The Labute approximate surface area is 165 Å². The molecule has 0 aromatic carbocycles. The Morgan fingerprint density at radius 3 is 1.00 bits per heavy atom. The second kappa shape index (κ2) is 5.34. The smallest absolute Gasteiger partial charge is 0.0679 e. The fraction of sp³-hybridized carbons (Fsp3) is 1.00. The van der Waals surface area contributed by atoms with Crippen LogP contribution >= 0.6 is 0 Å². The van der Waals surface area contributed by atoms with Gasteiger partial charge >= 0.3 is 0 Å². The average Bonchev–Trinajstić information content (AvgIpc) is 2.77. The molecule has 0 spiro atoms. The van der Waals surface area contributed by atoms with E-state index in [4.69, 9.17) is 4.74 Å². The van der Waals surface area contributed by atoms with Crippen molar-refractivity contribution in [1.82, 2.24) is 0 Å². The Balaban J connectivity index is 1.23. The van der Waals surface area contributed by atoms with Crippen LogP contribution in [0.2, 0.25) is 0 Å². The Morgan fingerprint density at radius 2 is 0.704 bits per heavy atom. The first-order valence-corrected chi connectivity index (χ1v) is 12.2. The van der Waals surface area contributed by atoms with Gasteiger partial charge in [0.05, 0.1) is 11.2 Å². The van der Waals surface area contributed by atoms with Crippen molar-refractivity contribution in [3.8, 4) is 0 Å². The van der Waals surface area contributed by atoms with Gasteiger partial charge in [0.25, 0.3) is 0 Å². The van der Waals surface area contributed by atoms with E-state index in [2.05, 4.69) is 0 Å². The number of rotatable bonds is 3. The molecule has 0 heterocycles. The van der Waals surface area contributed by atoms with Crippen molar-refractivity contribution < 1.29 is 9.84 Å². The minimum absolute atomic E-state index is 0.255.